The fourth-order valence-corrected chi connectivity index (χ4v) is 3.93. The van der Waals surface area contributed by atoms with Crippen LogP contribution in [0.1, 0.15) is 29.7 Å². The van der Waals surface area contributed by atoms with Gasteiger partial charge in [-0.15, -0.1) is 0 Å². The Labute approximate surface area is 197 Å². The van der Waals surface area contributed by atoms with E-state index in [-0.39, 0.29) is 5.91 Å². The van der Waals surface area contributed by atoms with E-state index in [4.69, 9.17) is 4.74 Å². The number of para-hydroxylation sites is 1. The average Bonchev–Trinajstić information content (AvgIpc) is 3.32. The molecule has 1 aliphatic rings. The van der Waals surface area contributed by atoms with Crippen molar-refractivity contribution in [3.8, 4) is 5.75 Å². The molecule has 170 valence electrons. The van der Waals surface area contributed by atoms with E-state index in [9.17, 15) is 4.79 Å². The van der Waals surface area contributed by atoms with Gasteiger partial charge in [0.25, 0.3) is 5.91 Å². The van der Waals surface area contributed by atoms with Gasteiger partial charge in [0.05, 0.1) is 5.57 Å². The Bertz CT molecular complexity index is 1330. The van der Waals surface area contributed by atoms with Crippen molar-refractivity contribution >= 4 is 17.5 Å². The molecule has 0 spiro atoms. The van der Waals surface area contributed by atoms with Crippen LogP contribution >= 0.6 is 0 Å². The highest BCUT2D eigenvalue weighted by Gasteiger charge is 2.34. The van der Waals surface area contributed by atoms with Crippen LogP contribution in [0.4, 0.5) is 11.6 Å². The van der Waals surface area contributed by atoms with Gasteiger partial charge in [-0.2, -0.15) is 4.68 Å². The SMILES string of the molecule is CC1=C(C(=O)Nc2ccccc2)C(c2ccc(OCc3ccc(C)cc3)cc2)n2nnnc2N1. The summed E-state index contributed by atoms with van der Waals surface area (Å²) in [6, 6.07) is 24.8. The Balaban J connectivity index is 1.40. The van der Waals surface area contributed by atoms with E-state index in [0.29, 0.717) is 29.5 Å². The first-order valence-corrected chi connectivity index (χ1v) is 11.0. The number of amides is 1. The Morgan fingerprint density at radius 1 is 1.00 bits per heavy atom. The number of hydrogen-bond acceptors (Lipinski definition) is 6. The molecule has 0 bridgehead atoms. The molecule has 1 aliphatic heterocycles. The molecule has 0 radical (unpaired) electrons. The summed E-state index contributed by atoms with van der Waals surface area (Å²) in [6.45, 7) is 4.39. The van der Waals surface area contributed by atoms with Crippen LogP contribution < -0.4 is 15.4 Å². The molecule has 2 N–H and O–H groups in total. The van der Waals surface area contributed by atoms with Crippen LogP contribution in [0.2, 0.25) is 0 Å². The van der Waals surface area contributed by atoms with Gasteiger partial charge < -0.3 is 15.4 Å². The molecule has 0 aliphatic carbocycles. The third kappa shape index (κ3) is 4.38. The number of benzene rings is 3. The molecule has 0 saturated carbocycles. The second-order valence-electron chi connectivity index (χ2n) is 8.18. The van der Waals surface area contributed by atoms with E-state index in [0.717, 1.165) is 16.9 Å². The van der Waals surface area contributed by atoms with Gasteiger partial charge in [-0.05, 0) is 59.7 Å². The molecule has 3 aromatic carbocycles. The van der Waals surface area contributed by atoms with Crippen LogP contribution in [-0.2, 0) is 11.4 Å². The van der Waals surface area contributed by atoms with Crippen LogP contribution in [0.5, 0.6) is 5.75 Å². The summed E-state index contributed by atoms with van der Waals surface area (Å²) < 4.78 is 7.57. The molecule has 4 aromatic rings. The molecular formula is C26H24N6O2. The summed E-state index contributed by atoms with van der Waals surface area (Å²) in [6.07, 6.45) is 0. The van der Waals surface area contributed by atoms with E-state index in [1.165, 1.54) is 5.56 Å². The van der Waals surface area contributed by atoms with Crippen molar-refractivity contribution < 1.29 is 9.53 Å². The van der Waals surface area contributed by atoms with E-state index in [1.54, 1.807) is 4.68 Å². The third-order valence-electron chi connectivity index (χ3n) is 5.71. The first-order chi connectivity index (χ1) is 16.6. The van der Waals surface area contributed by atoms with Gasteiger partial charge in [0.2, 0.25) is 5.95 Å². The Hall–Kier alpha value is -4.46. The van der Waals surface area contributed by atoms with E-state index >= 15 is 0 Å². The molecule has 1 aromatic heterocycles. The molecule has 0 saturated heterocycles. The Morgan fingerprint density at radius 3 is 2.47 bits per heavy atom. The number of rotatable bonds is 6. The van der Waals surface area contributed by atoms with Crippen molar-refractivity contribution in [2.75, 3.05) is 10.6 Å². The number of aryl methyl sites for hydroxylation is 1. The van der Waals surface area contributed by atoms with Gasteiger partial charge in [0, 0.05) is 11.4 Å². The minimum atomic E-state index is -0.485. The maximum atomic E-state index is 13.3. The van der Waals surface area contributed by atoms with Crippen molar-refractivity contribution in [2.45, 2.75) is 26.5 Å². The molecule has 0 fully saturated rings. The van der Waals surface area contributed by atoms with Gasteiger partial charge in [-0.3, -0.25) is 4.79 Å². The summed E-state index contributed by atoms with van der Waals surface area (Å²) >= 11 is 0. The number of ether oxygens (including phenoxy) is 1. The summed E-state index contributed by atoms with van der Waals surface area (Å²) in [5.41, 5.74) is 5.14. The lowest BCUT2D eigenvalue weighted by molar-refractivity contribution is -0.113. The zero-order valence-corrected chi connectivity index (χ0v) is 18.9. The van der Waals surface area contributed by atoms with Crippen LogP contribution in [-0.4, -0.2) is 26.1 Å². The van der Waals surface area contributed by atoms with Gasteiger partial charge in [-0.1, -0.05) is 65.3 Å². The van der Waals surface area contributed by atoms with Crippen molar-refractivity contribution in [1.29, 1.82) is 0 Å². The molecular weight excluding hydrogens is 428 g/mol. The van der Waals surface area contributed by atoms with Crippen LogP contribution in [0.15, 0.2) is 90.1 Å². The highest BCUT2D eigenvalue weighted by atomic mass is 16.5. The van der Waals surface area contributed by atoms with Crippen molar-refractivity contribution in [3.63, 3.8) is 0 Å². The Morgan fingerprint density at radius 2 is 1.74 bits per heavy atom. The number of nitrogens with zero attached hydrogens (tertiary/aromatic N) is 4. The zero-order valence-electron chi connectivity index (χ0n) is 18.9. The molecule has 8 nitrogen and oxygen atoms in total. The summed E-state index contributed by atoms with van der Waals surface area (Å²) in [7, 11) is 0. The molecule has 1 unspecified atom stereocenters. The van der Waals surface area contributed by atoms with Gasteiger partial charge in [0.1, 0.15) is 18.4 Å². The number of nitrogens with one attached hydrogen (secondary N) is 2. The monoisotopic (exact) mass is 452 g/mol. The topological polar surface area (TPSA) is 94.0 Å². The number of anilines is 2. The predicted molar refractivity (Wildman–Crippen MR) is 129 cm³/mol. The lowest BCUT2D eigenvalue weighted by Crippen LogP contribution is -2.31. The van der Waals surface area contributed by atoms with Crippen molar-refractivity contribution in [3.05, 3.63) is 107 Å². The maximum Gasteiger partial charge on any atom is 0.255 e. The number of allylic oxidation sites excluding steroid dienone is 1. The van der Waals surface area contributed by atoms with Crippen molar-refractivity contribution in [2.24, 2.45) is 0 Å². The number of carbonyl (C=O) groups is 1. The second kappa shape index (κ2) is 9.19. The van der Waals surface area contributed by atoms with Gasteiger partial charge in [0.15, 0.2) is 0 Å². The lowest BCUT2D eigenvalue weighted by atomic mass is 9.95. The molecule has 5 rings (SSSR count). The Kier molecular flexibility index (Phi) is 5.78. The second-order valence-corrected chi connectivity index (χ2v) is 8.18. The standard InChI is InChI=1S/C26H24N6O2/c1-17-8-10-19(11-9-17)16-34-22-14-12-20(13-15-22)24-23(18(2)27-26-29-30-31-32(24)26)25(33)28-21-6-4-3-5-7-21/h3-15,24H,16H2,1-2H3,(H,28,33)(H,27,29,31). The molecule has 2 heterocycles. The van der Waals surface area contributed by atoms with Crippen LogP contribution in [0.25, 0.3) is 0 Å². The number of carbonyl (C=O) groups excluding carboxylic acids is 1. The smallest absolute Gasteiger partial charge is 0.255 e. The van der Waals surface area contributed by atoms with Gasteiger partial charge in [-0.25, -0.2) is 0 Å². The quantitative estimate of drug-likeness (QED) is 0.448. The van der Waals surface area contributed by atoms with Crippen molar-refractivity contribution in [1.82, 2.24) is 20.2 Å². The van der Waals surface area contributed by atoms with Crippen LogP contribution in [0.3, 0.4) is 0 Å². The van der Waals surface area contributed by atoms with E-state index < -0.39 is 6.04 Å². The molecule has 1 atom stereocenters. The molecule has 34 heavy (non-hydrogen) atoms. The van der Waals surface area contributed by atoms with Gasteiger partial charge >= 0.3 is 0 Å². The fourth-order valence-electron chi connectivity index (χ4n) is 3.93. The minimum Gasteiger partial charge on any atom is -0.489 e. The number of tetrazole rings is 1. The summed E-state index contributed by atoms with van der Waals surface area (Å²) in [4.78, 5) is 13.3. The van der Waals surface area contributed by atoms with E-state index in [2.05, 4.69) is 57.3 Å². The van der Waals surface area contributed by atoms with Crippen LogP contribution in [0, 0.1) is 6.92 Å². The number of fused-ring (bicyclic) bond motifs is 1. The molecule has 8 heteroatoms. The number of hydrogen-bond donors (Lipinski definition) is 2. The zero-order chi connectivity index (χ0) is 23.5. The third-order valence-corrected chi connectivity index (χ3v) is 5.71. The lowest BCUT2D eigenvalue weighted by Gasteiger charge is -2.28. The largest absolute Gasteiger partial charge is 0.489 e. The highest BCUT2D eigenvalue weighted by molar-refractivity contribution is 6.06. The summed E-state index contributed by atoms with van der Waals surface area (Å²) in [5, 5.41) is 18.1. The summed E-state index contributed by atoms with van der Waals surface area (Å²) in [5.74, 6) is 1.01. The average molecular weight is 453 g/mol. The predicted octanol–water partition coefficient (Wildman–Crippen LogP) is 4.49. The number of aromatic nitrogens is 4. The first kappa shape index (κ1) is 21.4. The molecule has 1 amide bonds. The first-order valence-electron chi connectivity index (χ1n) is 11.0. The normalized spacial score (nSPS) is 14.8. The maximum absolute atomic E-state index is 13.3. The highest BCUT2D eigenvalue weighted by Crippen LogP contribution is 2.35. The minimum absolute atomic E-state index is 0.220. The fraction of sp³-hybridized carbons (Fsp3) is 0.154. The van der Waals surface area contributed by atoms with E-state index in [1.807, 2.05) is 61.5 Å².